The van der Waals surface area contributed by atoms with Crippen molar-refractivity contribution in [1.29, 1.82) is 0 Å². The van der Waals surface area contributed by atoms with Gasteiger partial charge in [0, 0.05) is 4.47 Å². The van der Waals surface area contributed by atoms with E-state index in [4.69, 9.17) is 0 Å². The molecule has 1 amide bonds. The molecule has 0 heterocycles. The number of benzene rings is 2. The van der Waals surface area contributed by atoms with E-state index in [1.54, 1.807) is 0 Å². The van der Waals surface area contributed by atoms with Crippen LogP contribution >= 0.6 is 15.9 Å². The van der Waals surface area contributed by atoms with Crippen molar-refractivity contribution in [3.63, 3.8) is 0 Å². The third kappa shape index (κ3) is 3.04. The van der Waals surface area contributed by atoms with E-state index in [9.17, 15) is 13.6 Å². The number of nitrogens with one attached hydrogen (secondary N) is 1. The van der Waals surface area contributed by atoms with Crippen molar-refractivity contribution in [2.24, 2.45) is 0 Å². The lowest BCUT2D eigenvalue weighted by molar-refractivity contribution is 0.102. The Hall–Kier alpha value is -1.75. The Bertz CT molecular complexity index is 663. The van der Waals surface area contributed by atoms with Crippen LogP contribution in [-0.2, 0) is 0 Å². The standard InChI is InChI=1S/C15H12BrF2NO/c1-8-5-9(2)14(12(16)6-8)19-15(20)11-7-10(17)3-4-13(11)18/h3-7H,1-2H3,(H,19,20). The molecule has 0 fully saturated rings. The van der Waals surface area contributed by atoms with E-state index in [1.807, 2.05) is 26.0 Å². The van der Waals surface area contributed by atoms with Gasteiger partial charge in [0.25, 0.3) is 5.91 Å². The number of hydrogen-bond donors (Lipinski definition) is 1. The van der Waals surface area contributed by atoms with Crippen molar-refractivity contribution >= 4 is 27.5 Å². The summed E-state index contributed by atoms with van der Waals surface area (Å²) < 4.78 is 27.3. The highest BCUT2D eigenvalue weighted by molar-refractivity contribution is 9.10. The number of anilines is 1. The molecule has 2 rings (SSSR count). The molecule has 0 unspecified atom stereocenters. The number of carbonyl (C=O) groups is 1. The van der Waals surface area contributed by atoms with E-state index in [0.29, 0.717) is 10.2 Å². The molecule has 2 aromatic rings. The van der Waals surface area contributed by atoms with E-state index >= 15 is 0 Å². The van der Waals surface area contributed by atoms with Crippen LogP contribution in [0.25, 0.3) is 0 Å². The van der Waals surface area contributed by atoms with Crippen LogP contribution in [0, 0.1) is 25.5 Å². The zero-order valence-electron chi connectivity index (χ0n) is 10.9. The second kappa shape index (κ2) is 5.71. The maximum absolute atomic E-state index is 13.5. The normalized spacial score (nSPS) is 10.4. The van der Waals surface area contributed by atoms with Crippen LogP contribution in [0.15, 0.2) is 34.8 Å². The topological polar surface area (TPSA) is 29.1 Å². The summed E-state index contributed by atoms with van der Waals surface area (Å²) >= 11 is 3.35. The van der Waals surface area contributed by atoms with Gasteiger partial charge in [-0.15, -0.1) is 0 Å². The second-order valence-corrected chi connectivity index (χ2v) is 5.37. The first-order valence-corrected chi connectivity index (χ1v) is 6.71. The Morgan fingerprint density at radius 2 is 1.85 bits per heavy atom. The quantitative estimate of drug-likeness (QED) is 0.851. The van der Waals surface area contributed by atoms with Gasteiger partial charge in [-0.1, -0.05) is 6.07 Å². The summed E-state index contributed by atoms with van der Waals surface area (Å²) in [4.78, 5) is 12.0. The van der Waals surface area contributed by atoms with Crippen LogP contribution < -0.4 is 5.32 Å². The molecule has 1 N–H and O–H groups in total. The van der Waals surface area contributed by atoms with Crippen LogP contribution in [0.1, 0.15) is 21.5 Å². The summed E-state index contributed by atoms with van der Waals surface area (Å²) in [5, 5.41) is 2.60. The monoisotopic (exact) mass is 339 g/mol. The van der Waals surface area contributed by atoms with Crippen LogP contribution in [-0.4, -0.2) is 5.91 Å². The molecule has 5 heteroatoms. The van der Waals surface area contributed by atoms with E-state index in [2.05, 4.69) is 21.2 Å². The predicted molar refractivity (Wildman–Crippen MR) is 77.9 cm³/mol. The Morgan fingerprint density at radius 3 is 2.50 bits per heavy atom. The lowest BCUT2D eigenvalue weighted by Crippen LogP contribution is -2.15. The van der Waals surface area contributed by atoms with E-state index in [1.165, 1.54) is 0 Å². The lowest BCUT2D eigenvalue weighted by atomic mass is 10.1. The molecule has 0 saturated heterocycles. The third-order valence-electron chi connectivity index (χ3n) is 2.84. The van der Waals surface area contributed by atoms with Gasteiger partial charge in [0.2, 0.25) is 0 Å². The maximum Gasteiger partial charge on any atom is 0.258 e. The molecule has 2 nitrogen and oxygen atoms in total. The van der Waals surface area contributed by atoms with E-state index in [-0.39, 0.29) is 5.56 Å². The molecule has 0 aromatic heterocycles. The largest absolute Gasteiger partial charge is 0.321 e. The first-order chi connectivity index (χ1) is 9.38. The van der Waals surface area contributed by atoms with E-state index in [0.717, 1.165) is 29.3 Å². The smallest absolute Gasteiger partial charge is 0.258 e. The molecule has 0 aliphatic heterocycles. The van der Waals surface area contributed by atoms with Crippen molar-refractivity contribution in [2.45, 2.75) is 13.8 Å². The molecule has 0 bridgehead atoms. The van der Waals surface area contributed by atoms with Gasteiger partial charge in [-0.2, -0.15) is 0 Å². The molecule has 0 aliphatic rings. The minimum Gasteiger partial charge on any atom is -0.321 e. The van der Waals surface area contributed by atoms with Crippen molar-refractivity contribution in [2.75, 3.05) is 5.32 Å². The summed E-state index contributed by atoms with van der Waals surface area (Å²) in [7, 11) is 0. The van der Waals surface area contributed by atoms with Gasteiger partial charge in [0.05, 0.1) is 11.3 Å². The highest BCUT2D eigenvalue weighted by Gasteiger charge is 2.15. The van der Waals surface area contributed by atoms with Crippen LogP contribution in [0.4, 0.5) is 14.5 Å². The SMILES string of the molecule is Cc1cc(C)c(NC(=O)c2cc(F)ccc2F)c(Br)c1. The average molecular weight is 340 g/mol. The highest BCUT2D eigenvalue weighted by Crippen LogP contribution is 2.28. The molecule has 0 atom stereocenters. The number of hydrogen-bond acceptors (Lipinski definition) is 1. The van der Waals surface area contributed by atoms with Gasteiger partial charge in [0.15, 0.2) is 0 Å². The highest BCUT2D eigenvalue weighted by atomic mass is 79.9. The number of carbonyl (C=O) groups excluding carboxylic acids is 1. The molecular weight excluding hydrogens is 328 g/mol. The minimum absolute atomic E-state index is 0.322. The predicted octanol–water partition coefficient (Wildman–Crippen LogP) is 4.60. The summed E-state index contributed by atoms with van der Waals surface area (Å²) in [5.41, 5.74) is 2.09. The molecule has 0 aliphatic carbocycles. The Labute approximate surface area is 123 Å². The minimum atomic E-state index is -0.759. The number of rotatable bonds is 2. The molecule has 104 valence electrons. The Morgan fingerprint density at radius 1 is 1.15 bits per heavy atom. The first kappa shape index (κ1) is 14.7. The summed E-state index contributed by atoms with van der Waals surface area (Å²) in [6.45, 7) is 3.75. The van der Waals surface area contributed by atoms with E-state index < -0.39 is 17.5 Å². The number of halogens is 3. The number of aryl methyl sites for hydroxylation is 2. The van der Waals surface area contributed by atoms with Crippen LogP contribution in [0.3, 0.4) is 0 Å². The van der Waals surface area contributed by atoms with Gasteiger partial charge in [-0.25, -0.2) is 8.78 Å². The van der Waals surface area contributed by atoms with Crippen molar-refractivity contribution in [3.05, 3.63) is 63.1 Å². The fourth-order valence-corrected chi connectivity index (χ4v) is 2.70. The Kier molecular flexibility index (Phi) is 4.18. The zero-order valence-corrected chi connectivity index (χ0v) is 12.5. The molecular formula is C15H12BrF2NO. The molecule has 0 saturated carbocycles. The first-order valence-electron chi connectivity index (χ1n) is 5.91. The maximum atomic E-state index is 13.5. The summed E-state index contributed by atoms with van der Waals surface area (Å²) in [6, 6.07) is 6.51. The average Bonchev–Trinajstić information content (AvgIpc) is 2.36. The van der Waals surface area contributed by atoms with Crippen molar-refractivity contribution < 1.29 is 13.6 Å². The van der Waals surface area contributed by atoms with Gasteiger partial charge in [0.1, 0.15) is 11.6 Å². The number of amides is 1. The molecule has 0 spiro atoms. The van der Waals surface area contributed by atoms with Crippen molar-refractivity contribution in [3.8, 4) is 0 Å². The summed E-state index contributed by atoms with van der Waals surface area (Å²) in [6.07, 6.45) is 0. The van der Waals surface area contributed by atoms with Gasteiger partial charge in [-0.3, -0.25) is 4.79 Å². The van der Waals surface area contributed by atoms with Gasteiger partial charge in [-0.05, 0) is 65.2 Å². The zero-order chi connectivity index (χ0) is 14.9. The Balaban J connectivity index is 2.35. The molecule has 0 radical (unpaired) electrons. The van der Waals surface area contributed by atoms with Gasteiger partial charge < -0.3 is 5.32 Å². The third-order valence-corrected chi connectivity index (χ3v) is 3.47. The molecule has 20 heavy (non-hydrogen) atoms. The lowest BCUT2D eigenvalue weighted by Gasteiger charge is -2.12. The molecule has 2 aromatic carbocycles. The van der Waals surface area contributed by atoms with Gasteiger partial charge >= 0.3 is 0 Å². The van der Waals surface area contributed by atoms with Crippen molar-refractivity contribution in [1.82, 2.24) is 0 Å². The van der Waals surface area contributed by atoms with Crippen LogP contribution in [0.5, 0.6) is 0 Å². The summed E-state index contributed by atoms with van der Waals surface area (Å²) in [5.74, 6) is -2.10. The fraction of sp³-hybridized carbons (Fsp3) is 0.133. The second-order valence-electron chi connectivity index (χ2n) is 4.52. The van der Waals surface area contributed by atoms with Crippen LogP contribution in [0.2, 0.25) is 0 Å². The fourth-order valence-electron chi connectivity index (χ4n) is 1.93.